The van der Waals surface area contributed by atoms with Gasteiger partial charge in [-0.15, -0.1) is 0 Å². The second-order valence-electron chi connectivity index (χ2n) is 2.96. The summed E-state index contributed by atoms with van der Waals surface area (Å²) >= 11 is 5.54. The van der Waals surface area contributed by atoms with Crippen LogP contribution in [0.3, 0.4) is 0 Å². The van der Waals surface area contributed by atoms with E-state index in [2.05, 4.69) is 0 Å². The summed E-state index contributed by atoms with van der Waals surface area (Å²) in [6.45, 7) is -1.46. The Hall–Kier alpha value is -1.43. The number of nitrogens with one attached hydrogen (secondary N) is 1. The second kappa shape index (κ2) is 4.61. The molecule has 2 N–H and O–H groups in total. The number of rotatable bonds is 2. The van der Waals surface area contributed by atoms with Crippen LogP contribution in [0, 0.1) is 0 Å². The molecule has 88 valence electrons. The molecule has 0 aliphatic rings. The zero-order chi connectivity index (χ0) is 12.3. The van der Waals surface area contributed by atoms with Crippen LogP contribution in [0.15, 0.2) is 18.2 Å². The molecular formula is C9H7ClF3NO2. The number of halogens is 4. The summed E-state index contributed by atoms with van der Waals surface area (Å²) in [5.74, 6) is -1.46. The Morgan fingerprint density at radius 3 is 2.62 bits per heavy atom. The molecule has 1 amide bonds. The molecule has 0 radical (unpaired) electrons. The van der Waals surface area contributed by atoms with E-state index >= 15 is 0 Å². The monoisotopic (exact) mass is 253 g/mol. The molecule has 1 aromatic rings. The van der Waals surface area contributed by atoms with Gasteiger partial charge in [0.25, 0.3) is 5.91 Å². The number of phenolic OH excluding ortho intramolecular Hbond substituents is 1. The van der Waals surface area contributed by atoms with Crippen LogP contribution in [-0.4, -0.2) is 23.7 Å². The van der Waals surface area contributed by atoms with Crippen LogP contribution < -0.4 is 5.32 Å². The molecule has 1 aromatic carbocycles. The van der Waals surface area contributed by atoms with E-state index in [4.69, 9.17) is 11.6 Å². The Labute approximate surface area is 93.8 Å². The van der Waals surface area contributed by atoms with E-state index in [9.17, 15) is 23.1 Å². The van der Waals surface area contributed by atoms with Crippen molar-refractivity contribution in [3.05, 3.63) is 28.8 Å². The van der Waals surface area contributed by atoms with E-state index in [1.54, 1.807) is 5.32 Å². The van der Waals surface area contributed by atoms with Gasteiger partial charge in [0.15, 0.2) is 0 Å². The van der Waals surface area contributed by atoms with E-state index in [1.807, 2.05) is 0 Å². The largest absolute Gasteiger partial charge is 0.507 e. The number of carbonyl (C=O) groups excluding carboxylic acids is 1. The van der Waals surface area contributed by atoms with Gasteiger partial charge in [-0.05, 0) is 18.2 Å². The summed E-state index contributed by atoms with van der Waals surface area (Å²) < 4.78 is 35.4. The van der Waals surface area contributed by atoms with Crippen molar-refractivity contribution in [3.63, 3.8) is 0 Å². The fourth-order valence-corrected chi connectivity index (χ4v) is 1.14. The standard InChI is InChI=1S/C9H7ClF3NO2/c10-5-1-2-7(15)6(3-5)8(16)14-4-9(11,12)13/h1-3,15H,4H2,(H,14,16). The molecule has 0 heterocycles. The van der Waals surface area contributed by atoms with Crippen LogP contribution in [0.25, 0.3) is 0 Å². The molecule has 3 nitrogen and oxygen atoms in total. The van der Waals surface area contributed by atoms with Crippen LogP contribution in [-0.2, 0) is 0 Å². The van der Waals surface area contributed by atoms with Gasteiger partial charge in [-0.2, -0.15) is 13.2 Å². The van der Waals surface area contributed by atoms with Crippen LogP contribution in [0.1, 0.15) is 10.4 Å². The highest BCUT2D eigenvalue weighted by Gasteiger charge is 2.28. The molecular weight excluding hydrogens is 247 g/mol. The minimum Gasteiger partial charge on any atom is -0.507 e. The van der Waals surface area contributed by atoms with Crippen LogP contribution in [0.5, 0.6) is 5.75 Å². The zero-order valence-corrected chi connectivity index (χ0v) is 8.56. The normalized spacial score (nSPS) is 11.2. The maximum Gasteiger partial charge on any atom is 0.405 e. The highest BCUT2D eigenvalue weighted by atomic mass is 35.5. The fraction of sp³-hybridized carbons (Fsp3) is 0.222. The zero-order valence-electron chi connectivity index (χ0n) is 7.81. The predicted molar refractivity (Wildman–Crippen MR) is 51.5 cm³/mol. The van der Waals surface area contributed by atoms with Crippen LogP contribution >= 0.6 is 11.6 Å². The molecule has 0 aromatic heterocycles. The van der Waals surface area contributed by atoms with Gasteiger partial charge in [-0.1, -0.05) is 11.6 Å². The Bertz CT molecular complexity index is 406. The van der Waals surface area contributed by atoms with Gasteiger partial charge in [0.05, 0.1) is 5.56 Å². The number of aromatic hydroxyl groups is 1. The first-order valence-corrected chi connectivity index (χ1v) is 4.51. The Balaban J connectivity index is 2.77. The lowest BCUT2D eigenvalue weighted by Gasteiger charge is -2.09. The number of hydrogen-bond donors (Lipinski definition) is 2. The van der Waals surface area contributed by atoms with Gasteiger partial charge in [-0.3, -0.25) is 4.79 Å². The Kier molecular flexibility index (Phi) is 3.64. The number of benzene rings is 1. The molecule has 0 unspecified atom stereocenters. The molecule has 0 aliphatic carbocycles. The molecule has 0 saturated carbocycles. The summed E-state index contributed by atoms with van der Waals surface area (Å²) in [6, 6.07) is 3.53. The van der Waals surface area contributed by atoms with Gasteiger partial charge in [-0.25, -0.2) is 0 Å². The highest BCUT2D eigenvalue weighted by molar-refractivity contribution is 6.31. The SMILES string of the molecule is O=C(NCC(F)(F)F)c1cc(Cl)ccc1O. The number of carbonyl (C=O) groups is 1. The molecule has 0 spiro atoms. The maximum absolute atomic E-state index is 11.8. The van der Waals surface area contributed by atoms with Crippen molar-refractivity contribution in [2.75, 3.05) is 6.54 Å². The lowest BCUT2D eigenvalue weighted by Crippen LogP contribution is -2.33. The first kappa shape index (κ1) is 12.6. The van der Waals surface area contributed by atoms with E-state index < -0.39 is 24.4 Å². The summed E-state index contributed by atoms with van der Waals surface area (Å²) in [5, 5.41) is 11.0. The average molecular weight is 254 g/mol. The van der Waals surface area contributed by atoms with Crippen molar-refractivity contribution in [1.82, 2.24) is 5.32 Å². The third-order valence-corrected chi connectivity index (χ3v) is 1.89. The first-order chi connectivity index (χ1) is 7.29. The third-order valence-electron chi connectivity index (χ3n) is 1.65. The molecule has 1 rings (SSSR count). The molecule has 0 saturated heterocycles. The summed E-state index contributed by atoms with van der Waals surface area (Å²) in [5.41, 5.74) is -0.295. The van der Waals surface area contributed by atoms with Gasteiger partial charge < -0.3 is 10.4 Å². The van der Waals surface area contributed by atoms with Crippen LogP contribution in [0.4, 0.5) is 13.2 Å². The molecule has 7 heteroatoms. The van der Waals surface area contributed by atoms with E-state index in [0.717, 1.165) is 12.1 Å². The van der Waals surface area contributed by atoms with Crippen molar-refractivity contribution >= 4 is 17.5 Å². The second-order valence-corrected chi connectivity index (χ2v) is 3.40. The average Bonchev–Trinajstić information content (AvgIpc) is 2.17. The molecule has 0 bridgehead atoms. The van der Waals surface area contributed by atoms with E-state index in [-0.39, 0.29) is 10.6 Å². The van der Waals surface area contributed by atoms with Crippen molar-refractivity contribution in [2.24, 2.45) is 0 Å². The molecule has 0 aliphatic heterocycles. The predicted octanol–water partition coefficient (Wildman–Crippen LogP) is 2.34. The van der Waals surface area contributed by atoms with Crippen molar-refractivity contribution < 1.29 is 23.1 Å². The van der Waals surface area contributed by atoms with E-state index in [0.29, 0.717) is 0 Å². The van der Waals surface area contributed by atoms with Crippen LogP contribution in [0.2, 0.25) is 5.02 Å². The highest BCUT2D eigenvalue weighted by Crippen LogP contribution is 2.21. The number of amides is 1. The topological polar surface area (TPSA) is 49.3 Å². The first-order valence-electron chi connectivity index (χ1n) is 4.13. The quantitative estimate of drug-likeness (QED) is 0.850. The van der Waals surface area contributed by atoms with Gasteiger partial charge in [0, 0.05) is 5.02 Å². The lowest BCUT2D eigenvalue weighted by molar-refractivity contribution is -0.123. The molecule has 16 heavy (non-hydrogen) atoms. The third kappa shape index (κ3) is 3.62. The summed E-state index contributed by atoms with van der Waals surface area (Å²) in [6.07, 6.45) is -4.50. The smallest absolute Gasteiger partial charge is 0.405 e. The Morgan fingerprint density at radius 1 is 1.44 bits per heavy atom. The van der Waals surface area contributed by atoms with Gasteiger partial charge in [0.2, 0.25) is 0 Å². The van der Waals surface area contributed by atoms with E-state index in [1.165, 1.54) is 6.07 Å². The maximum atomic E-state index is 11.8. The number of hydrogen-bond acceptors (Lipinski definition) is 2. The van der Waals surface area contributed by atoms with Gasteiger partial charge >= 0.3 is 6.18 Å². The fourth-order valence-electron chi connectivity index (χ4n) is 0.966. The summed E-state index contributed by atoms with van der Waals surface area (Å²) in [4.78, 5) is 11.2. The van der Waals surface area contributed by atoms with Crippen molar-refractivity contribution in [2.45, 2.75) is 6.18 Å². The van der Waals surface area contributed by atoms with Crippen molar-refractivity contribution in [3.8, 4) is 5.75 Å². The molecule has 0 fully saturated rings. The number of alkyl halides is 3. The molecule has 0 atom stereocenters. The van der Waals surface area contributed by atoms with Gasteiger partial charge in [0.1, 0.15) is 12.3 Å². The lowest BCUT2D eigenvalue weighted by atomic mass is 10.2. The van der Waals surface area contributed by atoms with Crippen molar-refractivity contribution in [1.29, 1.82) is 0 Å². The Morgan fingerprint density at radius 2 is 2.06 bits per heavy atom. The number of phenols is 1. The summed E-state index contributed by atoms with van der Waals surface area (Å²) in [7, 11) is 0. The minimum absolute atomic E-state index is 0.148. The minimum atomic E-state index is -4.50.